The molecule has 8 nitrogen and oxygen atoms in total. The van der Waals surface area contributed by atoms with Gasteiger partial charge in [-0.3, -0.25) is 0 Å². The smallest absolute Gasteiger partial charge is 0.338 e. The van der Waals surface area contributed by atoms with Gasteiger partial charge >= 0.3 is 17.9 Å². The minimum absolute atomic E-state index is 0.00465. The van der Waals surface area contributed by atoms with Crippen LogP contribution in [0, 0.1) is 5.82 Å². The molecule has 2 rings (SSSR count). The number of hydrogen-bond donors (Lipinski definition) is 0. The van der Waals surface area contributed by atoms with Crippen LogP contribution in [0.4, 0.5) is 4.39 Å². The number of esters is 3. The Morgan fingerprint density at radius 3 is 1.63 bits per heavy atom. The van der Waals surface area contributed by atoms with Gasteiger partial charge < -0.3 is 23.7 Å². The molecule has 0 atom stereocenters. The predicted octanol–water partition coefficient (Wildman–Crippen LogP) is 4.89. The maximum Gasteiger partial charge on any atom is 0.338 e. The molecule has 0 saturated heterocycles. The summed E-state index contributed by atoms with van der Waals surface area (Å²) in [5.74, 6) is -1.90. The van der Waals surface area contributed by atoms with Crippen LogP contribution in [0.3, 0.4) is 0 Å². The maximum atomic E-state index is 14.5. The SMILES string of the molecule is C=C(C)C(=O)OCCOc1ccc(Cc2ccc(OC(=O)C(=C)C)c(F)c2)cc1OCCOC(=O)C(=C)C. The Morgan fingerprint density at radius 1 is 0.658 bits per heavy atom. The summed E-state index contributed by atoms with van der Waals surface area (Å²) in [6.07, 6.45) is 0.336. The maximum absolute atomic E-state index is 14.5. The van der Waals surface area contributed by atoms with Gasteiger partial charge in [0.2, 0.25) is 0 Å². The molecule has 0 unspecified atom stereocenters. The number of hydrogen-bond acceptors (Lipinski definition) is 8. The number of rotatable bonds is 14. The standard InChI is InChI=1S/C29H31FO8/c1-18(2)27(31)36-13-11-34-25-10-8-22(17-26(25)35-12-14-37-28(32)19(3)4)15-21-7-9-24(23(30)16-21)38-29(33)20(5)6/h7-10,16-17H,1,3,5,11-15H2,2,4,6H3. The highest BCUT2D eigenvalue weighted by molar-refractivity contribution is 5.89. The van der Waals surface area contributed by atoms with Crippen LogP contribution in [0.5, 0.6) is 17.2 Å². The molecular formula is C29H31FO8. The average molecular weight is 527 g/mol. The Morgan fingerprint density at radius 2 is 1.13 bits per heavy atom. The van der Waals surface area contributed by atoms with Crippen molar-refractivity contribution in [3.8, 4) is 17.2 Å². The Kier molecular flexibility index (Phi) is 11.3. The first-order chi connectivity index (χ1) is 18.0. The molecule has 0 aliphatic heterocycles. The van der Waals surface area contributed by atoms with Crippen molar-refractivity contribution in [1.82, 2.24) is 0 Å². The molecule has 0 aliphatic rings. The van der Waals surface area contributed by atoms with Gasteiger partial charge in [-0.05, 0) is 62.6 Å². The van der Waals surface area contributed by atoms with E-state index < -0.39 is 23.7 Å². The monoisotopic (exact) mass is 526 g/mol. The van der Waals surface area contributed by atoms with Gasteiger partial charge in [0, 0.05) is 16.7 Å². The van der Waals surface area contributed by atoms with Crippen LogP contribution in [-0.2, 0) is 30.3 Å². The lowest BCUT2D eigenvalue weighted by Crippen LogP contribution is -2.14. The molecule has 0 saturated carbocycles. The highest BCUT2D eigenvalue weighted by Crippen LogP contribution is 2.30. The van der Waals surface area contributed by atoms with Crippen molar-refractivity contribution in [2.45, 2.75) is 27.2 Å². The summed E-state index contributed by atoms with van der Waals surface area (Å²) in [7, 11) is 0. The summed E-state index contributed by atoms with van der Waals surface area (Å²) in [4.78, 5) is 34.8. The topological polar surface area (TPSA) is 97.4 Å². The first-order valence-corrected chi connectivity index (χ1v) is 11.7. The summed E-state index contributed by atoms with van der Waals surface area (Å²) in [5, 5.41) is 0. The zero-order chi connectivity index (χ0) is 28.2. The van der Waals surface area contributed by atoms with E-state index in [-0.39, 0.29) is 48.9 Å². The summed E-state index contributed by atoms with van der Waals surface area (Å²) in [6.45, 7) is 15.2. The van der Waals surface area contributed by atoms with Gasteiger partial charge in [-0.15, -0.1) is 0 Å². The minimum atomic E-state index is -0.711. The van der Waals surface area contributed by atoms with Gasteiger partial charge in [0.05, 0.1) is 0 Å². The molecule has 9 heteroatoms. The van der Waals surface area contributed by atoms with Crippen molar-refractivity contribution in [1.29, 1.82) is 0 Å². The lowest BCUT2D eigenvalue weighted by atomic mass is 10.0. The van der Waals surface area contributed by atoms with E-state index in [2.05, 4.69) is 19.7 Å². The Bertz CT molecular complexity index is 1230. The van der Waals surface area contributed by atoms with E-state index in [9.17, 15) is 18.8 Å². The summed E-state index contributed by atoms with van der Waals surface area (Å²) >= 11 is 0. The van der Waals surface area contributed by atoms with Gasteiger partial charge in [-0.2, -0.15) is 0 Å². The van der Waals surface area contributed by atoms with E-state index in [1.54, 1.807) is 38.1 Å². The van der Waals surface area contributed by atoms with Gasteiger partial charge in [0.15, 0.2) is 23.1 Å². The van der Waals surface area contributed by atoms with Crippen LogP contribution in [0.2, 0.25) is 0 Å². The molecule has 0 N–H and O–H groups in total. The van der Waals surface area contributed by atoms with Crippen molar-refractivity contribution in [2.24, 2.45) is 0 Å². The first kappa shape index (κ1) is 29.8. The second-order valence-electron chi connectivity index (χ2n) is 8.42. The summed E-state index contributed by atoms with van der Waals surface area (Å²) in [6, 6.07) is 9.45. The molecule has 2 aromatic rings. The van der Waals surface area contributed by atoms with E-state index in [0.29, 0.717) is 23.5 Å². The molecule has 0 aliphatic carbocycles. The molecule has 0 amide bonds. The molecule has 0 spiro atoms. The average Bonchev–Trinajstić information content (AvgIpc) is 2.86. The first-order valence-electron chi connectivity index (χ1n) is 11.7. The lowest BCUT2D eigenvalue weighted by molar-refractivity contribution is -0.140. The third-order valence-corrected chi connectivity index (χ3v) is 4.81. The second kappa shape index (κ2) is 14.4. The predicted molar refractivity (Wildman–Crippen MR) is 139 cm³/mol. The zero-order valence-corrected chi connectivity index (χ0v) is 21.8. The number of benzene rings is 2. The quantitative estimate of drug-likeness (QED) is 0.149. The highest BCUT2D eigenvalue weighted by Gasteiger charge is 2.13. The fourth-order valence-corrected chi connectivity index (χ4v) is 2.87. The van der Waals surface area contributed by atoms with Crippen molar-refractivity contribution in [3.63, 3.8) is 0 Å². The number of carbonyl (C=O) groups is 3. The molecule has 0 fully saturated rings. The number of carbonyl (C=O) groups excluding carboxylic acids is 3. The number of ether oxygens (including phenoxy) is 5. The third-order valence-electron chi connectivity index (χ3n) is 4.81. The van der Waals surface area contributed by atoms with Gasteiger partial charge in [0.25, 0.3) is 0 Å². The van der Waals surface area contributed by atoms with E-state index >= 15 is 0 Å². The van der Waals surface area contributed by atoms with E-state index in [1.165, 1.54) is 19.1 Å². The zero-order valence-electron chi connectivity index (χ0n) is 21.8. The number of halogens is 1. The molecule has 0 aromatic heterocycles. The lowest BCUT2D eigenvalue weighted by Gasteiger charge is -2.15. The van der Waals surface area contributed by atoms with Crippen LogP contribution >= 0.6 is 0 Å². The van der Waals surface area contributed by atoms with E-state index in [4.69, 9.17) is 23.7 Å². The molecule has 0 bridgehead atoms. The molecular weight excluding hydrogens is 495 g/mol. The Labute approximate surface area is 221 Å². The Hall–Kier alpha value is -4.40. The van der Waals surface area contributed by atoms with Crippen molar-refractivity contribution in [2.75, 3.05) is 26.4 Å². The van der Waals surface area contributed by atoms with Crippen LogP contribution in [0.15, 0.2) is 72.9 Å². The van der Waals surface area contributed by atoms with Crippen LogP contribution < -0.4 is 14.2 Å². The molecule has 2 aromatic carbocycles. The van der Waals surface area contributed by atoms with Gasteiger partial charge in [-0.25, -0.2) is 18.8 Å². The Balaban J connectivity index is 2.12. The molecule has 0 radical (unpaired) electrons. The fourth-order valence-electron chi connectivity index (χ4n) is 2.87. The second-order valence-corrected chi connectivity index (χ2v) is 8.42. The van der Waals surface area contributed by atoms with Crippen LogP contribution in [-0.4, -0.2) is 44.3 Å². The molecule has 38 heavy (non-hydrogen) atoms. The van der Waals surface area contributed by atoms with E-state index in [1.807, 2.05) is 0 Å². The fraction of sp³-hybridized carbons (Fsp3) is 0.276. The van der Waals surface area contributed by atoms with Crippen molar-refractivity contribution < 1.29 is 42.5 Å². The molecule has 0 heterocycles. The van der Waals surface area contributed by atoms with Gasteiger partial charge in [0.1, 0.15) is 26.4 Å². The molecule has 202 valence electrons. The van der Waals surface area contributed by atoms with Crippen LogP contribution in [0.25, 0.3) is 0 Å². The minimum Gasteiger partial charge on any atom is -0.486 e. The van der Waals surface area contributed by atoms with E-state index in [0.717, 1.165) is 5.56 Å². The third kappa shape index (κ3) is 9.57. The van der Waals surface area contributed by atoms with Crippen LogP contribution in [0.1, 0.15) is 31.9 Å². The van der Waals surface area contributed by atoms with Gasteiger partial charge in [-0.1, -0.05) is 31.9 Å². The largest absolute Gasteiger partial charge is 0.486 e. The van der Waals surface area contributed by atoms with Crippen molar-refractivity contribution in [3.05, 3.63) is 89.8 Å². The summed E-state index contributed by atoms with van der Waals surface area (Å²) in [5.41, 5.74) is 2.10. The highest BCUT2D eigenvalue weighted by atomic mass is 19.1. The van der Waals surface area contributed by atoms with Crippen molar-refractivity contribution >= 4 is 17.9 Å². The normalized spacial score (nSPS) is 10.2. The summed E-state index contributed by atoms with van der Waals surface area (Å²) < 4.78 is 41.0.